The maximum Gasteiger partial charge on any atom is 0.127 e. The third-order valence-corrected chi connectivity index (χ3v) is 6.74. The minimum Gasteiger partial charge on any atom is -0.457 e. The van der Waals surface area contributed by atoms with E-state index in [2.05, 4.69) is 72.8 Å². The van der Waals surface area contributed by atoms with Crippen molar-refractivity contribution >= 4 is 11.8 Å². The lowest BCUT2D eigenvalue weighted by molar-refractivity contribution is 0.482. The molecule has 6 aromatic carbocycles. The van der Waals surface area contributed by atoms with Crippen molar-refractivity contribution in [2.24, 2.45) is 0 Å². The van der Waals surface area contributed by atoms with Gasteiger partial charge in [-0.1, -0.05) is 109 Å². The molecule has 0 atom stereocenters. The quantitative estimate of drug-likeness (QED) is 0.207. The minimum atomic E-state index is 0.823. The molecule has 0 aromatic heterocycles. The van der Waals surface area contributed by atoms with Gasteiger partial charge in [0.2, 0.25) is 0 Å². The lowest BCUT2D eigenvalue weighted by Crippen LogP contribution is -1.85. The van der Waals surface area contributed by atoms with E-state index >= 15 is 0 Å². The monoisotopic (exact) mass is 524 g/mol. The van der Waals surface area contributed by atoms with Crippen LogP contribution in [0.2, 0.25) is 0 Å². The van der Waals surface area contributed by atoms with Crippen LogP contribution < -0.4 is 9.47 Å². The molecule has 0 fully saturated rings. The summed E-state index contributed by atoms with van der Waals surface area (Å²) in [5.74, 6) is 3.32. The van der Waals surface area contributed by atoms with E-state index in [-0.39, 0.29) is 0 Å². The number of hydrogen-bond donors (Lipinski definition) is 0. The van der Waals surface area contributed by atoms with Gasteiger partial charge in [-0.2, -0.15) is 0 Å². The largest absolute Gasteiger partial charge is 0.457 e. The number of para-hydroxylation sites is 2. The minimum absolute atomic E-state index is 0.823. The zero-order valence-electron chi connectivity index (χ0n) is 21.4. The van der Waals surface area contributed by atoms with Crippen molar-refractivity contribution in [1.29, 1.82) is 0 Å². The van der Waals surface area contributed by atoms with Gasteiger partial charge in [-0.25, -0.2) is 0 Å². The van der Waals surface area contributed by atoms with Gasteiger partial charge in [-0.15, -0.1) is 0 Å². The van der Waals surface area contributed by atoms with Crippen LogP contribution in [-0.2, 0) is 0 Å². The first kappa shape index (κ1) is 25.9. The van der Waals surface area contributed by atoms with Gasteiger partial charge in [0, 0.05) is 9.79 Å². The lowest BCUT2D eigenvalue weighted by atomic mass is 10.1. The van der Waals surface area contributed by atoms with Crippen LogP contribution in [-0.4, -0.2) is 0 Å². The molecule has 6 rings (SSSR count). The van der Waals surface area contributed by atoms with Crippen LogP contribution in [0.4, 0.5) is 0 Å². The Morgan fingerprint density at radius 1 is 0.282 bits per heavy atom. The summed E-state index contributed by atoms with van der Waals surface area (Å²) >= 11 is 1.79. The van der Waals surface area contributed by atoms with Gasteiger partial charge in [0.25, 0.3) is 0 Å². The van der Waals surface area contributed by atoms with Crippen molar-refractivity contribution < 1.29 is 9.47 Å². The highest BCUT2D eigenvalue weighted by Crippen LogP contribution is 2.29. The lowest BCUT2D eigenvalue weighted by Gasteiger charge is -2.08. The molecule has 2 nitrogen and oxygen atoms in total. The Balaban J connectivity index is 0.000000198. The van der Waals surface area contributed by atoms with E-state index in [4.69, 9.17) is 9.47 Å². The predicted octanol–water partition coefficient (Wildman–Crippen LogP) is 10.8. The van der Waals surface area contributed by atoms with E-state index in [1.165, 1.54) is 9.79 Å². The highest BCUT2D eigenvalue weighted by Gasteiger charge is 2.02. The summed E-state index contributed by atoms with van der Waals surface area (Å²) < 4.78 is 11.7. The predicted molar refractivity (Wildman–Crippen MR) is 162 cm³/mol. The van der Waals surface area contributed by atoms with Crippen LogP contribution >= 0.6 is 11.8 Å². The van der Waals surface area contributed by atoms with Crippen LogP contribution in [0.5, 0.6) is 23.0 Å². The summed E-state index contributed by atoms with van der Waals surface area (Å²) in [6.07, 6.45) is 0. The van der Waals surface area contributed by atoms with Crippen LogP contribution in [0.1, 0.15) is 0 Å². The Labute approximate surface area is 234 Å². The molecule has 0 spiro atoms. The second-order valence-electron chi connectivity index (χ2n) is 8.61. The van der Waals surface area contributed by atoms with Crippen molar-refractivity contribution in [1.82, 2.24) is 0 Å². The molecule has 0 aliphatic rings. The Hall–Kier alpha value is -4.73. The Morgan fingerprint density at radius 3 is 0.897 bits per heavy atom. The molecule has 0 N–H and O–H groups in total. The molecule has 190 valence electrons. The van der Waals surface area contributed by atoms with Crippen LogP contribution in [0.25, 0.3) is 11.1 Å². The molecule has 0 aliphatic heterocycles. The fourth-order valence-electron chi connectivity index (χ4n) is 3.79. The molecular weight excluding hydrogens is 496 g/mol. The third kappa shape index (κ3) is 8.13. The Morgan fingerprint density at radius 2 is 0.564 bits per heavy atom. The maximum absolute atomic E-state index is 5.83. The second kappa shape index (κ2) is 13.7. The molecular formula is C36H28O2S. The SMILES string of the molecule is c1ccc(Oc2ccc(-c3ccc(Oc4ccccc4)cc3)cc2)cc1.c1ccc(Sc2ccccc2)cc1. The number of benzene rings is 6. The normalized spacial score (nSPS) is 10.2. The smallest absolute Gasteiger partial charge is 0.127 e. The fourth-order valence-corrected chi connectivity index (χ4v) is 4.65. The van der Waals surface area contributed by atoms with Crippen LogP contribution in [0.3, 0.4) is 0 Å². The Kier molecular flexibility index (Phi) is 9.10. The van der Waals surface area contributed by atoms with E-state index in [1.54, 1.807) is 11.8 Å². The second-order valence-corrected chi connectivity index (χ2v) is 9.75. The average Bonchev–Trinajstić information content (AvgIpc) is 3.01. The maximum atomic E-state index is 5.83. The van der Waals surface area contributed by atoms with E-state index in [0.29, 0.717) is 0 Å². The van der Waals surface area contributed by atoms with Crippen molar-refractivity contribution in [3.63, 3.8) is 0 Å². The molecule has 6 aromatic rings. The summed E-state index contributed by atoms with van der Waals surface area (Å²) in [5.41, 5.74) is 2.27. The summed E-state index contributed by atoms with van der Waals surface area (Å²) in [6, 6.07) is 56.5. The molecule has 0 unspecified atom stereocenters. The first-order valence-corrected chi connectivity index (χ1v) is 13.6. The third-order valence-electron chi connectivity index (χ3n) is 5.72. The highest BCUT2D eigenvalue weighted by molar-refractivity contribution is 7.99. The van der Waals surface area contributed by atoms with Gasteiger partial charge >= 0.3 is 0 Å². The number of rotatable bonds is 7. The number of ether oxygens (including phenoxy) is 2. The molecule has 39 heavy (non-hydrogen) atoms. The fraction of sp³-hybridized carbons (Fsp3) is 0. The summed E-state index contributed by atoms with van der Waals surface area (Å²) in [6.45, 7) is 0. The van der Waals surface area contributed by atoms with E-state index < -0.39 is 0 Å². The van der Waals surface area contributed by atoms with Crippen LogP contribution in [0, 0.1) is 0 Å². The van der Waals surface area contributed by atoms with E-state index in [0.717, 1.165) is 34.1 Å². The van der Waals surface area contributed by atoms with Crippen molar-refractivity contribution in [2.45, 2.75) is 9.79 Å². The van der Waals surface area contributed by atoms with Gasteiger partial charge in [0.15, 0.2) is 0 Å². The summed E-state index contributed by atoms with van der Waals surface area (Å²) in [4.78, 5) is 2.57. The molecule has 0 heterocycles. The molecule has 0 saturated carbocycles. The van der Waals surface area contributed by atoms with Crippen molar-refractivity contribution in [2.75, 3.05) is 0 Å². The molecule has 0 radical (unpaired) electrons. The first-order chi connectivity index (χ1) is 19.3. The molecule has 0 amide bonds. The zero-order valence-corrected chi connectivity index (χ0v) is 22.2. The molecule has 0 saturated heterocycles. The zero-order chi connectivity index (χ0) is 26.5. The molecule has 0 bridgehead atoms. The van der Waals surface area contributed by atoms with E-state index in [1.807, 2.05) is 97.1 Å². The van der Waals surface area contributed by atoms with Crippen molar-refractivity contribution in [3.05, 3.63) is 170 Å². The summed E-state index contributed by atoms with van der Waals surface area (Å²) in [7, 11) is 0. The highest BCUT2D eigenvalue weighted by atomic mass is 32.2. The van der Waals surface area contributed by atoms with Gasteiger partial charge < -0.3 is 9.47 Å². The first-order valence-electron chi connectivity index (χ1n) is 12.8. The van der Waals surface area contributed by atoms with Crippen LogP contribution in [0.15, 0.2) is 180 Å². The standard InChI is InChI=1S/C24H18O2.C12H10S/c1-3-7-21(8-4-1)25-23-15-11-19(12-16-23)20-13-17-24(18-14-20)26-22-9-5-2-6-10-22;1-3-7-11(8-4-1)13-12-9-5-2-6-10-12/h1-18H;1-10H. The summed E-state index contributed by atoms with van der Waals surface area (Å²) in [5, 5.41) is 0. The van der Waals surface area contributed by atoms with Gasteiger partial charge in [0.1, 0.15) is 23.0 Å². The average molecular weight is 525 g/mol. The van der Waals surface area contributed by atoms with Gasteiger partial charge in [0.05, 0.1) is 0 Å². The molecule has 0 aliphatic carbocycles. The van der Waals surface area contributed by atoms with Gasteiger partial charge in [-0.05, 0) is 83.9 Å². The van der Waals surface area contributed by atoms with Gasteiger partial charge in [-0.3, -0.25) is 0 Å². The Bertz CT molecular complexity index is 1400. The molecule has 3 heteroatoms. The number of hydrogen-bond acceptors (Lipinski definition) is 3. The topological polar surface area (TPSA) is 18.5 Å². The van der Waals surface area contributed by atoms with Crippen molar-refractivity contribution in [3.8, 4) is 34.1 Å². The van der Waals surface area contributed by atoms with E-state index in [9.17, 15) is 0 Å².